The highest BCUT2D eigenvalue weighted by Crippen LogP contribution is 2.23. The summed E-state index contributed by atoms with van der Waals surface area (Å²) in [6.07, 6.45) is 0. The van der Waals surface area contributed by atoms with Gasteiger partial charge in [0.25, 0.3) is 0 Å². The van der Waals surface area contributed by atoms with Crippen LogP contribution in [0.25, 0.3) is 0 Å². The van der Waals surface area contributed by atoms with Crippen LogP contribution in [0.1, 0.15) is 12.5 Å². The molecule has 0 aliphatic heterocycles. The molecule has 126 valence electrons. The van der Waals surface area contributed by atoms with Crippen LogP contribution in [0.4, 0.5) is 20.2 Å². The van der Waals surface area contributed by atoms with Crippen LogP contribution in [-0.2, 0) is 9.59 Å². The van der Waals surface area contributed by atoms with Crippen molar-refractivity contribution in [3.63, 3.8) is 0 Å². The molecule has 0 spiro atoms. The second kappa shape index (κ2) is 7.40. The molecular weight excluding hydrogens is 338 g/mol. The fraction of sp³-hybridized carbons (Fsp3) is 0.176. The number of carbonyl (C=O) groups is 2. The van der Waals surface area contributed by atoms with Crippen LogP contribution >= 0.6 is 11.6 Å². The van der Waals surface area contributed by atoms with Crippen LogP contribution in [0.2, 0.25) is 5.02 Å². The first-order valence-corrected chi connectivity index (χ1v) is 7.45. The lowest BCUT2D eigenvalue weighted by Crippen LogP contribution is -2.36. The van der Waals surface area contributed by atoms with Gasteiger partial charge < -0.3 is 10.2 Å². The third kappa shape index (κ3) is 4.29. The predicted octanol–water partition coefficient (Wildman–Crippen LogP) is 3.92. The largest absolute Gasteiger partial charge is 0.324 e. The van der Waals surface area contributed by atoms with E-state index in [0.29, 0.717) is 10.7 Å². The zero-order chi connectivity index (χ0) is 17.9. The molecule has 24 heavy (non-hydrogen) atoms. The molecule has 0 unspecified atom stereocenters. The topological polar surface area (TPSA) is 49.4 Å². The Labute approximate surface area is 143 Å². The standard InChI is InChI=1S/C17H15ClF2N2O2/c1-10-3-5-13(8-14(10)18)22(11(2)23)9-17(24)21-12-4-6-15(19)16(20)7-12/h3-8H,9H2,1-2H3,(H,21,24). The van der Waals surface area contributed by atoms with E-state index in [1.165, 1.54) is 17.9 Å². The quantitative estimate of drug-likeness (QED) is 0.906. The summed E-state index contributed by atoms with van der Waals surface area (Å²) in [5.74, 6) is -2.97. The van der Waals surface area contributed by atoms with Gasteiger partial charge in [-0.25, -0.2) is 8.78 Å². The summed E-state index contributed by atoms with van der Waals surface area (Å²) < 4.78 is 26.1. The van der Waals surface area contributed by atoms with Gasteiger partial charge in [0.05, 0.1) is 0 Å². The number of halogens is 3. The van der Waals surface area contributed by atoms with E-state index < -0.39 is 17.5 Å². The molecule has 0 aliphatic rings. The normalized spacial score (nSPS) is 10.4. The summed E-state index contributed by atoms with van der Waals surface area (Å²) in [5.41, 5.74) is 1.41. The Balaban J connectivity index is 2.15. The molecule has 2 aromatic rings. The molecule has 0 atom stereocenters. The van der Waals surface area contributed by atoms with Crippen LogP contribution in [0.5, 0.6) is 0 Å². The lowest BCUT2D eigenvalue weighted by molar-refractivity contribution is -0.120. The molecule has 0 heterocycles. The number of anilines is 2. The van der Waals surface area contributed by atoms with Gasteiger partial charge in [-0.2, -0.15) is 0 Å². The molecule has 4 nitrogen and oxygen atoms in total. The fourth-order valence-electron chi connectivity index (χ4n) is 2.05. The summed E-state index contributed by atoms with van der Waals surface area (Å²) in [6, 6.07) is 8.01. The minimum Gasteiger partial charge on any atom is -0.324 e. The minimum absolute atomic E-state index is 0.101. The van der Waals surface area contributed by atoms with Crippen LogP contribution < -0.4 is 10.2 Å². The molecule has 0 saturated heterocycles. The zero-order valence-electron chi connectivity index (χ0n) is 13.1. The lowest BCUT2D eigenvalue weighted by Gasteiger charge is -2.21. The van der Waals surface area contributed by atoms with Crippen molar-refractivity contribution in [3.05, 3.63) is 58.6 Å². The number of nitrogens with zero attached hydrogens (tertiary/aromatic N) is 1. The van der Waals surface area contributed by atoms with Crippen LogP contribution in [-0.4, -0.2) is 18.4 Å². The SMILES string of the molecule is CC(=O)N(CC(=O)Nc1ccc(F)c(F)c1)c1ccc(C)c(Cl)c1. The monoisotopic (exact) mass is 352 g/mol. The predicted molar refractivity (Wildman–Crippen MR) is 89.2 cm³/mol. The Morgan fingerprint density at radius 3 is 2.42 bits per heavy atom. The van der Waals surface area contributed by atoms with Crippen LogP contribution in [0.3, 0.4) is 0 Å². The highest BCUT2D eigenvalue weighted by atomic mass is 35.5. The number of nitrogens with one attached hydrogen (secondary N) is 1. The van der Waals surface area contributed by atoms with Gasteiger partial charge in [-0.3, -0.25) is 9.59 Å². The Hall–Kier alpha value is -2.47. The minimum atomic E-state index is -1.07. The third-order valence-corrected chi connectivity index (χ3v) is 3.76. The van der Waals surface area contributed by atoms with Crippen LogP contribution in [0.15, 0.2) is 36.4 Å². The van der Waals surface area contributed by atoms with Gasteiger partial charge in [0.15, 0.2) is 11.6 Å². The first kappa shape index (κ1) is 17.9. The van der Waals surface area contributed by atoms with Crippen molar-refractivity contribution in [2.45, 2.75) is 13.8 Å². The average molecular weight is 353 g/mol. The number of aryl methyl sites for hydroxylation is 1. The van der Waals surface area contributed by atoms with Gasteiger partial charge in [0, 0.05) is 29.4 Å². The van der Waals surface area contributed by atoms with Gasteiger partial charge >= 0.3 is 0 Å². The fourth-order valence-corrected chi connectivity index (χ4v) is 2.23. The Kier molecular flexibility index (Phi) is 5.51. The van der Waals surface area contributed by atoms with Crippen molar-refractivity contribution in [2.24, 2.45) is 0 Å². The summed E-state index contributed by atoms with van der Waals surface area (Å²) >= 11 is 6.05. The van der Waals surface area contributed by atoms with E-state index in [9.17, 15) is 18.4 Å². The molecule has 0 saturated carbocycles. The number of carbonyl (C=O) groups excluding carboxylic acids is 2. The first-order chi connectivity index (χ1) is 11.3. The van der Waals surface area contributed by atoms with E-state index in [1.807, 2.05) is 6.92 Å². The molecule has 2 rings (SSSR count). The van der Waals surface area contributed by atoms with E-state index in [4.69, 9.17) is 11.6 Å². The second-order valence-electron chi connectivity index (χ2n) is 5.22. The second-order valence-corrected chi connectivity index (χ2v) is 5.62. The van der Waals surface area contributed by atoms with Crippen molar-refractivity contribution < 1.29 is 18.4 Å². The van der Waals surface area contributed by atoms with Gasteiger partial charge in [-0.05, 0) is 36.8 Å². The van der Waals surface area contributed by atoms with E-state index in [0.717, 1.165) is 17.7 Å². The molecule has 0 fully saturated rings. The third-order valence-electron chi connectivity index (χ3n) is 3.35. The van der Waals surface area contributed by atoms with Crippen molar-refractivity contribution in [1.82, 2.24) is 0 Å². The van der Waals surface area contributed by atoms with Crippen molar-refractivity contribution >= 4 is 34.8 Å². The highest BCUT2D eigenvalue weighted by molar-refractivity contribution is 6.31. The molecule has 7 heteroatoms. The molecule has 0 aromatic heterocycles. The Morgan fingerprint density at radius 1 is 1.12 bits per heavy atom. The van der Waals surface area contributed by atoms with Crippen molar-refractivity contribution in [1.29, 1.82) is 0 Å². The Bertz CT molecular complexity index is 796. The van der Waals surface area contributed by atoms with Crippen molar-refractivity contribution in [2.75, 3.05) is 16.8 Å². The van der Waals surface area contributed by atoms with E-state index in [2.05, 4.69) is 5.32 Å². The molecule has 0 bridgehead atoms. The smallest absolute Gasteiger partial charge is 0.244 e. The molecule has 0 aliphatic carbocycles. The number of amides is 2. The van der Waals surface area contributed by atoms with Crippen LogP contribution in [0, 0.1) is 18.6 Å². The summed E-state index contributed by atoms with van der Waals surface area (Å²) in [4.78, 5) is 25.2. The van der Waals surface area contributed by atoms with Crippen molar-refractivity contribution in [3.8, 4) is 0 Å². The van der Waals surface area contributed by atoms with E-state index >= 15 is 0 Å². The van der Waals surface area contributed by atoms with E-state index in [1.54, 1.807) is 18.2 Å². The maximum Gasteiger partial charge on any atom is 0.244 e. The number of rotatable bonds is 4. The Morgan fingerprint density at radius 2 is 1.83 bits per heavy atom. The zero-order valence-corrected chi connectivity index (χ0v) is 13.8. The molecule has 2 amide bonds. The highest BCUT2D eigenvalue weighted by Gasteiger charge is 2.17. The number of hydrogen-bond acceptors (Lipinski definition) is 2. The molecule has 2 aromatic carbocycles. The molecule has 1 N–H and O–H groups in total. The van der Waals surface area contributed by atoms with E-state index in [-0.39, 0.29) is 18.1 Å². The summed E-state index contributed by atoms with van der Waals surface area (Å²) in [6.45, 7) is 2.85. The number of benzene rings is 2. The van der Waals surface area contributed by atoms with Gasteiger partial charge in [0.1, 0.15) is 6.54 Å². The maximum atomic E-state index is 13.2. The van der Waals surface area contributed by atoms with Gasteiger partial charge in [0.2, 0.25) is 11.8 Å². The average Bonchev–Trinajstić information content (AvgIpc) is 2.51. The maximum absolute atomic E-state index is 13.2. The molecule has 0 radical (unpaired) electrons. The molecular formula is C17H15ClF2N2O2. The van der Waals surface area contributed by atoms with Gasteiger partial charge in [-0.15, -0.1) is 0 Å². The lowest BCUT2D eigenvalue weighted by atomic mass is 10.2. The summed E-state index contributed by atoms with van der Waals surface area (Å²) in [5, 5.41) is 2.89. The number of hydrogen-bond donors (Lipinski definition) is 1. The summed E-state index contributed by atoms with van der Waals surface area (Å²) in [7, 11) is 0. The first-order valence-electron chi connectivity index (χ1n) is 7.07. The van der Waals surface area contributed by atoms with Gasteiger partial charge in [-0.1, -0.05) is 17.7 Å².